The van der Waals surface area contributed by atoms with Crippen LogP contribution in [0.5, 0.6) is 5.75 Å². The number of benzene rings is 1. The van der Waals surface area contributed by atoms with E-state index < -0.39 is 29.9 Å². The molecule has 120 valence electrons. The van der Waals surface area contributed by atoms with Gasteiger partial charge in [0, 0.05) is 5.69 Å². The minimum atomic E-state index is -6.99. The number of alkyl halides is 9. The molecule has 1 rings (SSSR count). The first-order chi connectivity index (χ1) is 9.22. The molecule has 0 aliphatic heterocycles. The number of halogens is 9. The Morgan fingerprint density at radius 2 is 1.14 bits per heavy atom. The second-order valence-electron chi connectivity index (χ2n) is 3.83. The zero-order chi connectivity index (χ0) is 16.7. The molecule has 0 aliphatic carbocycles. The molecular formula is C10H6F9NO. The molecule has 0 fully saturated rings. The molecule has 0 atom stereocenters. The molecule has 0 radical (unpaired) electrons. The van der Waals surface area contributed by atoms with E-state index in [1.54, 1.807) is 0 Å². The Kier molecular flexibility index (Phi) is 4.01. The lowest BCUT2D eigenvalue weighted by Crippen LogP contribution is -2.62. The largest absolute Gasteiger partial charge is 0.471 e. The molecule has 0 aromatic heterocycles. The molecule has 0 aliphatic rings. The minimum Gasteiger partial charge on any atom is -0.428 e. The van der Waals surface area contributed by atoms with E-state index in [-0.39, 0.29) is 5.69 Å². The minimum absolute atomic E-state index is 0.00181. The summed E-state index contributed by atoms with van der Waals surface area (Å²) in [7, 11) is 0. The van der Waals surface area contributed by atoms with Crippen molar-refractivity contribution in [1.82, 2.24) is 0 Å². The first-order valence-electron chi connectivity index (χ1n) is 4.97. The first kappa shape index (κ1) is 17.2. The van der Waals surface area contributed by atoms with E-state index in [0.717, 1.165) is 12.1 Å². The monoisotopic (exact) mass is 327 g/mol. The molecule has 0 bridgehead atoms. The molecule has 0 saturated heterocycles. The second kappa shape index (κ2) is 4.88. The van der Waals surface area contributed by atoms with Crippen molar-refractivity contribution >= 4 is 5.69 Å². The molecule has 21 heavy (non-hydrogen) atoms. The SMILES string of the molecule is Nc1ccc(OC(F)(F)C(F)(F)C(F)(F)C(F)(F)F)cc1. The standard InChI is InChI=1S/C10H6F9NO/c11-7(12,9(15,16)17)8(13,14)10(18,19)21-6-3-1-5(20)2-4-6/h1-4H,20H2. The summed E-state index contributed by atoms with van der Waals surface area (Å²) in [6, 6.07) is 2.99. The highest BCUT2D eigenvalue weighted by molar-refractivity contribution is 5.41. The zero-order valence-electron chi connectivity index (χ0n) is 9.70. The van der Waals surface area contributed by atoms with Gasteiger partial charge in [-0.05, 0) is 24.3 Å². The molecule has 1 aromatic carbocycles. The molecular weight excluding hydrogens is 321 g/mol. The molecule has 0 spiro atoms. The fourth-order valence-corrected chi connectivity index (χ4v) is 1.11. The molecule has 1 aromatic rings. The number of hydrogen-bond acceptors (Lipinski definition) is 2. The van der Waals surface area contributed by atoms with E-state index in [4.69, 9.17) is 5.73 Å². The van der Waals surface area contributed by atoms with Crippen LogP contribution in [-0.2, 0) is 0 Å². The van der Waals surface area contributed by atoms with Crippen LogP contribution >= 0.6 is 0 Å². The van der Waals surface area contributed by atoms with E-state index in [1.807, 2.05) is 0 Å². The van der Waals surface area contributed by atoms with E-state index >= 15 is 0 Å². The Balaban J connectivity index is 3.12. The summed E-state index contributed by atoms with van der Waals surface area (Å²) >= 11 is 0. The third-order valence-corrected chi connectivity index (χ3v) is 2.24. The normalized spacial score (nSPS) is 14.1. The maximum Gasteiger partial charge on any atom is 0.471 e. The van der Waals surface area contributed by atoms with Gasteiger partial charge in [0.05, 0.1) is 0 Å². The van der Waals surface area contributed by atoms with Gasteiger partial charge in [0.15, 0.2) is 0 Å². The summed E-state index contributed by atoms with van der Waals surface area (Å²) in [5.74, 6) is -14.9. The van der Waals surface area contributed by atoms with Gasteiger partial charge in [0.2, 0.25) is 0 Å². The summed E-state index contributed by atoms with van der Waals surface area (Å²) in [6.45, 7) is 0. The smallest absolute Gasteiger partial charge is 0.428 e. The van der Waals surface area contributed by atoms with Gasteiger partial charge in [-0.25, -0.2) is 0 Å². The molecule has 11 heteroatoms. The van der Waals surface area contributed by atoms with Gasteiger partial charge in [0.1, 0.15) is 5.75 Å². The van der Waals surface area contributed by atoms with Crippen molar-refractivity contribution in [3.8, 4) is 5.75 Å². The highest BCUT2D eigenvalue weighted by atomic mass is 19.4. The van der Waals surface area contributed by atoms with Crippen molar-refractivity contribution in [2.75, 3.05) is 5.73 Å². The van der Waals surface area contributed by atoms with Crippen molar-refractivity contribution in [1.29, 1.82) is 0 Å². The maximum absolute atomic E-state index is 13.0. The van der Waals surface area contributed by atoms with Gasteiger partial charge < -0.3 is 10.5 Å². The lowest BCUT2D eigenvalue weighted by Gasteiger charge is -2.32. The van der Waals surface area contributed by atoms with Gasteiger partial charge in [-0.2, -0.15) is 39.5 Å². The van der Waals surface area contributed by atoms with Crippen molar-refractivity contribution in [2.24, 2.45) is 0 Å². The van der Waals surface area contributed by atoms with Gasteiger partial charge >= 0.3 is 24.1 Å². The highest BCUT2D eigenvalue weighted by Gasteiger charge is 2.83. The van der Waals surface area contributed by atoms with Crippen LogP contribution in [0.2, 0.25) is 0 Å². The molecule has 2 nitrogen and oxygen atoms in total. The average Bonchev–Trinajstić information content (AvgIpc) is 2.30. The summed E-state index contributed by atoms with van der Waals surface area (Å²) in [5, 5.41) is 0. The van der Waals surface area contributed by atoms with Crippen molar-refractivity contribution in [3.05, 3.63) is 24.3 Å². The van der Waals surface area contributed by atoms with E-state index in [2.05, 4.69) is 4.74 Å². The quantitative estimate of drug-likeness (QED) is 0.668. The van der Waals surface area contributed by atoms with Gasteiger partial charge in [-0.15, -0.1) is 0 Å². The summed E-state index contributed by atoms with van der Waals surface area (Å²) in [5.41, 5.74) is 5.14. The predicted molar refractivity (Wildman–Crippen MR) is 52.4 cm³/mol. The van der Waals surface area contributed by atoms with Crippen molar-refractivity contribution in [3.63, 3.8) is 0 Å². The maximum atomic E-state index is 13.0. The lowest BCUT2D eigenvalue weighted by molar-refractivity contribution is -0.428. The van der Waals surface area contributed by atoms with Crippen LogP contribution in [0.1, 0.15) is 0 Å². The highest BCUT2D eigenvalue weighted by Crippen LogP contribution is 2.53. The number of rotatable bonds is 4. The fourth-order valence-electron chi connectivity index (χ4n) is 1.11. The Morgan fingerprint density at radius 1 is 0.714 bits per heavy atom. The summed E-state index contributed by atoms with van der Waals surface area (Å²) in [6.07, 6.45) is -13.0. The van der Waals surface area contributed by atoms with Crippen LogP contribution in [0.25, 0.3) is 0 Å². The van der Waals surface area contributed by atoms with Crippen LogP contribution < -0.4 is 10.5 Å². The molecule has 0 amide bonds. The Bertz CT molecular complexity index is 494. The summed E-state index contributed by atoms with van der Waals surface area (Å²) in [4.78, 5) is 0. The van der Waals surface area contributed by atoms with E-state index in [9.17, 15) is 39.5 Å². The molecule has 0 heterocycles. The number of nitrogens with two attached hydrogens (primary N) is 1. The predicted octanol–water partition coefficient (Wildman–Crippen LogP) is 4.07. The first-order valence-corrected chi connectivity index (χ1v) is 4.97. The fraction of sp³-hybridized carbons (Fsp3) is 0.400. The molecule has 2 N–H and O–H groups in total. The second-order valence-corrected chi connectivity index (χ2v) is 3.83. The zero-order valence-corrected chi connectivity index (χ0v) is 9.70. The van der Waals surface area contributed by atoms with E-state index in [0.29, 0.717) is 12.1 Å². The summed E-state index contributed by atoms with van der Waals surface area (Å²) < 4.78 is 116. The third-order valence-electron chi connectivity index (χ3n) is 2.24. The van der Waals surface area contributed by atoms with Crippen LogP contribution in [0.4, 0.5) is 45.2 Å². The van der Waals surface area contributed by atoms with E-state index in [1.165, 1.54) is 0 Å². The Hall–Kier alpha value is -1.81. The van der Waals surface area contributed by atoms with Crippen molar-refractivity contribution < 1.29 is 44.3 Å². The van der Waals surface area contributed by atoms with Crippen LogP contribution in [0, 0.1) is 0 Å². The molecule has 0 unspecified atom stereocenters. The lowest BCUT2D eigenvalue weighted by atomic mass is 10.1. The number of hydrogen-bond donors (Lipinski definition) is 1. The average molecular weight is 327 g/mol. The third kappa shape index (κ3) is 2.95. The van der Waals surface area contributed by atoms with Crippen molar-refractivity contribution in [2.45, 2.75) is 24.1 Å². The van der Waals surface area contributed by atoms with Gasteiger partial charge in [0.25, 0.3) is 0 Å². The van der Waals surface area contributed by atoms with Crippen LogP contribution in [0.3, 0.4) is 0 Å². The Labute approximate surface area is 111 Å². The number of anilines is 1. The Morgan fingerprint density at radius 3 is 1.52 bits per heavy atom. The van der Waals surface area contributed by atoms with Crippen LogP contribution in [-0.4, -0.2) is 24.1 Å². The topological polar surface area (TPSA) is 35.2 Å². The molecule has 0 saturated carbocycles. The van der Waals surface area contributed by atoms with Crippen LogP contribution in [0.15, 0.2) is 24.3 Å². The number of ether oxygens (including phenoxy) is 1. The van der Waals surface area contributed by atoms with Gasteiger partial charge in [-0.1, -0.05) is 0 Å². The number of nitrogen functional groups attached to an aromatic ring is 1. The van der Waals surface area contributed by atoms with Gasteiger partial charge in [-0.3, -0.25) is 0 Å².